The lowest BCUT2D eigenvalue weighted by molar-refractivity contribution is 0.252. The Hall–Kier alpha value is -3.28. The Labute approximate surface area is 159 Å². The summed E-state index contributed by atoms with van der Waals surface area (Å²) in [6.45, 7) is 9.89. The van der Waals surface area contributed by atoms with E-state index < -0.39 is 6.03 Å². The van der Waals surface area contributed by atoms with Gasteiger partial charge in [0.15, 0.2) is 11.5 Å². The summed E-state index contributed by atoms with van der Waals surface area (Å²) in [5.74, 6) is 0.465. The zero-order chi connectivity index (χ0) is 19.8. The number of hydrazone groups is 1. The van der Waals surface area contributed by atoms with E-state index in [1.807, 2.05) is 39.0 Å². The minimum absolute atomic E-state index is 0.0922. The number of amides is 2. The van der Waals surface area contributed by atoms with Crippen LogP contribution in [-0.2, 0) is 6.42 Å². The number of aromatic hydroxyl groups is 1. The molecule has 0 fully saturated rings. The second kappa shape index (κ2) is 9.43. The molecule has 0 heterocycles. The van der Waals surface area contributed by atoms with Crippen LogP contribution in [-0.4, -0.2) is 24.0 Å². The van der Waals surface area contributed by atoms with E-state index in [9.17, 15) is 9.90 Å². The number of phenolic OH excluding ortho intramolecular Hbond substituents is 1. The van der Waals surface area contributed by atoms with Gasteiger partial charge in [0.1, 0.15) is 0 Å². The highest BCUT2D eigenvalue weighted by Crippen LogP contribution is 2.31. The fraction of sp³-hybridized carbons (Fsp3) is 0.238. The molecule has 3 N–H and O–H groups in total. The summed E-state index contributed by atoms with van der Waals surface area (Å²) in [6, 6.07) is 8.70. The van der Waals surface area contributed by atoms with Crippen molar-refractivity contribution in [3.8, 4) is 11.5 Å². The van der Waals surface area contributed by atoms with E-state index in [2.05, 4.69) is 22.4 Å². The van der Waals surface area contributed by atoms with E-state index in [1.165, 1.54) is 6.21 Å². The summed E-state index contributed by atoms with van der Waals surface area (Å²) in [5, 5.41) is 16.9. The van der Waals surface area contributed by atoms with Crippen molar-refractivity contribution < 1.29 is 14.6 Å². The van der Waals surface area contributed by atoms with Crippen molar-refractivity contribution in [1.82, 2.24) is 5.43 Å². The molecule has 0 saturated carbocycles. The van der Waals surface area contributed by atoms with E-state index in [-0.39, 0.29) is 5.75 Å². The van der Waals surface area contributed by atoms with E-state index >= 15 is 0 Å². The molecule has 2 amide bonds. The third kappa shape index (κ3) is 5.34. The van der Waals surface area contributed by atoms with Crippen molar-refractivity contribution in [3.05, 3.63) is 65.2 Å². The van der Waals surface area contributed by atoms with E-state index in [1.54, 1.807) is 18.2 Å². The maximum absolute atomic E-state index is 12.0. The zero-order valence-electron chi connectivity index (χ0n) is 15.9. The summed E-state index contributed by atoms with van der Waals surface area (Å²) in [5.41, 5.74) is 6.65. The minimum Gasteiger partial charge on any atom is -0.504 e. The first-order valence-corrected chi connectivity index (χ1v) is 8.72. The number of benzene rings is 2. The molecule has 2 rings (SSSR count). The van der Waals surface area contributed by atoms with E-state index in [0.717, 1.165) is 16.8 Å². The number of hydrogen-bond donors (Lipinski definition) is 3. The first-order valence-electron chi connectivity index (χ1n) is 8.72. The van der Waals surface area contributed by atoms with Crippen LogP contribution in [0, 0.1) is 13.8 Å². The molecule has 0 saturated heterocycles. The average Bonchev–Trinajstić information content (AvgIpc) is 2.63. The molecule has 0 aliphatic carbocycles. The van der Waals surface area contributed by atoms with Crippen molar-refractivity contribution in [2.45, 2.75) is 27.2 Å². The van der Waals surface area contributed by atoms with Crippen molar-refractivity contribution in [1.29, 1.82) is 0 Å². The number of nitrogens with zero attached hydrogens (tertiary/aromatic N) is 1. The first-order chi connectivity index (χ1) is 13.0. The van der Waals surface area contributed by atoms with Crippen LogP contribution < -0.4 is 15.5 Å². The summed E-state index contributed by atoms with van der Waals surface area (Å²) < 4.78 is 5.45. The number of phenols is 1. The Morgan fingerprint density at radius 1 is 1.33 bits per heavy atom. The van der Waals surface area contributed by atoms with Gasteiger partial charge in [-0.2, -0.15) is 5.10 Å². The van der Waals surface area contributed by atoms with Gasteiger partial charge in [0.05, 0.1) is 12.8 Å². The predicted molar refractivity (Wildman–Crippen MR) is 109 cm³/mol. The normalized spacial score (nSPS) is 10.6. The van der Waals surface area contributed by atoms with Crippen LogP contribution in [0.4, 0.5) is 10.5 Å². The van der Waals surface area contributed by atoms with Gasteiger partial charge in [-0.3, -0.25) is 0 Å². The Bertz CT molecular complexity index is 860. The summed E-state index contributed by atoms with van der Waals surface area (Å²) in [7, 11) is 0. The van der Waals surface area contributed by atoms with Gasteiger partial charge in [-0.15, -0.1) is 6.58 Å². The topological polar surface area (TPSA) is 83.0 Å². The maximum atomic E-state index is 12.0. The molecule has 2 aromatic rings. The Kier molecular flexibility index (Phi) is 7.00. The monoisotopic (exact) mass is 367 g/mol. The largest absolute Gasteiger partial charge is 0.504 e. The van der Waals surface area contributed by atoms with E-state index in [0.29, 0.717) is 29.9 Å². The number of ether oxygens (including phenoxy) is 1. The molecule has 0 unspecified atom stereocenters. The number of anilines is 1. The second-order valence-electron chi connectivity index (χ2n) is 6.02. The van der Waals surface area contributed by atoms with Crippen LogP contribution in [0.2, 0.25) is 0 Å². The predicted octanol–water partition coefficient (Wildman–Crippen LogP) is 4.29. The van der Waals surface area contributed by atoms with Gasteiger partial charge in [-0.25, -0.2) is 10.2 Å². The molecule has 2 aromatic carbocycles. The molecule has 0 radical (unpaired) electrons. The maximum Gasteiger partial charge on any atom is 0.339 e. The molecule has 0 spiro atoms. The van der Waals surface area contributed by atoms with Crippen molar-refractivity contribution in [2.75, 3.05) is 11.9 Å². The van der Waals surface area contributed by atoms with E-state index in [4.69, 9.17) is 4.74 Å². The number of hydrogen-bond acceptors (Lipinski definition) is 4. The molecule has 6 nitrogen and oxygen atoms in total. The SMILES string of the molecule is C=CCc1cc(/C=N/NC(=O)Nc2cccc(C)c2C)cc(OCC)c1O. The molecule has 0 bridgehead atoms. The van der Waals surface area contributed by atoms with Crippen LogP contribution in [0.15, 0.2) is 48.1 Å². The van der Waals surface area contributed by atoms with Crippen LogP contribution in [0.5, 0.6) is 11.5 Å². The van der Waals surface area contributed by atoms with Gasteiger partial charge >= 0.3 is 6.03 Å². The number of aryl methyl sites for hydroxylation is 1. The summed E-state index contributed by atoms with van der Waals surface area (Å²) in [4.78, 5) is 12.0. The number of allylic oxidation sites excluding steroid dienone is 1. The summed E-state index contributed by atoms with van der Waals surface area (Å²) in [6.07, 6.45) is 3.69. The lowest BCUT2D eigenvalue weighted by Gasteiger charge is -2.11. The van der Waals surface area contributed by atoms with Crippen molar-refractivity contribution in [2.24, 2.45) is 5.10 Å². The fourth-order valence-electron chi connectivity index (χ4n) is 2.54. The third-order valence-electron chi connectivity index (χ3n) is 4.07. The van der Waals surface area contributed by atoms with Gasteiger partial charge in [0.25, 0.3) is 0 Å². The zero-order valence-corrected chi connectivity index (χ0v) is 15.9. The minimum atomic E-state index is -0.435. The molecular weight excluding hydrogens is 342 g/mol. The van der Waals surface area contributed by atoms with Gasteiger partial charge in [-0.05, 0) is 62.1 Å². The average molecular weight is 367 g/mol. The van der Waals surface area contributed by atoms with Crippen LogP contribution in [0.25, 0.3) is 0 Å². The van der Waals surface area contributed by atoms with Gasteiger partial charge in [0, 0.05) is 11.3 Å². The molecule has 6 heteroatoms. The number of rotatable bonds is 7. The molecule has 0 aromatic heterocycles. The molecule has 0 aliphatic rings. The highest BCUT2D eigenvalue weighted by molar-refractivity contribution is 5.91. The lowest BCUT2D eigenvalue weighted by atomic mass is 10.1. The Morgan fingerprint density at radius 2 is 2.11 bits per heavy atom. The van der Waals surface area contributed by atoms with Gasteiger partial charge < -0.3 is 15.2 Å². The smallest absolute Gasteiger partial charge is 0.339 e. The molecular formula is C21H25N3O3. The Balaban J connectivity index is 2.09. The number of carbonyl (C=O) groups excluding carboxylic acids is 1. The number of nitrogens with one attached hydrogen (secondary N) is 2. The molecule has 0 atom stereocenters. The molecule has 27 heavy (non-hydrogen) atoms. The molecule has 0 aliphatic heterocycles. The first kappa shape index (κ1) is 20.0. The van der Waals surface area contributed by atoms with Crippen LogP contribution >= 0.6 is 0 Å². The molecule has 142 valence electrons. The standard InChI is InChI=1S/C21H25N3O3/c1-5-8-17-11-16(12-19(20(17)25)27-6-2)13-22-24-21(26)23-18-10-7-9-14(3)15(18)4/h5,7,9-13,25H,1,6,8H2,2-4H3,(H2,23,24,26)/b22-13+. The van der Waals surface area contributed by atoms with Crippen LogP contribution in [0.1, 0.15) is 29.2 Å². The third-order valence-corrected chi connectivity index (χ3v) is 4.07. The van der Waals surface area contributed by atoms with Gasteiger partial charge in [0.2, 0.25) is 0 Å². The number of carbonyl (C=O) groups is 1. The summed E-state index contributed by atoms with van der Waals surface area (Å²) >= 11 is 0. The Morgan fingerprint density at radius 3 is 2.81 bits per heavy atom. The fourth-order valence-corrected chi connectivity index (χ4v) is 2.54. The van der Waals surface area contributed by atoms with Crippen molar-refractivity contribution >= 4 is 17.9 Å². The quantitative estimate of drug-likeness (QED) is 0.388. The number of urea groups is 1. The van der Waals surface area contributed by atoms with Crippen LogP contribution in [0.3, 0.4) is 0 Å². The highest BCUT2D eigenvalue weighted by Gasteiger charge is 2.10. The lowest BCUT2D eigenvalue weighted by Crippen LogP contribution is -2.24. The highest BCUT2D eigenvalue weighted by atomic mass is 16.5. The second-order valence-corrected chi connectivity index (χ2v) is 6.02. The van der Waals surface area contributed by atoms with Gasteiger partial charge in [-0.1, -0.05) is 18.2 Å². The van der Waals surface area contributed by atoms with Crippen molar-refractivity contribution in [3.63, 3.8) is 0 Å².